The van der Waals surface area contributed by atoms with E-state index in [2.05, 4.69) is 30.9 Å². The van der Waals surface area contributed by atoms with Crippen LogP contribution >= 0.6 is 11.6 Å². The molecule has 1 aliphatic heterocycles. The van der Waals surface area contributed by atoms with E-state index in [-0.39, 0.29) is 22.0 Å². The molecular weight excluding hydrogens is 344 g/mol. The van der Waals surface area contributed by atoms with E-state index < -0.39 is 10.0 Å². The van der Waals surface area contributed by atoms with Crippen LogP contribution in [0.1, 0.15) is 13.8 Å². The molecule has 1 saturated heterocycles. The number of nitrogens with zero attached hydrogens (tertiary/aromatic N) is 2. The first-order valence-electron chi connectivity index (χ1n) is 7.99. The molecule has 2 aromatic carbocycles. The van der Waals surface area contributed by atoms with Gasteiger partial charge in [-0.15, -0.1) is 0 Å². The highest BCUT2D eigenvalue weighted by Gasteiger charge is 2.36. The van der Waals surface area contributed by atoms with Crippen molar-refractivity contribution in [1.29, 1.82) is 0 Å². The first kappa shape index (κ1) is 17.3. The van der Waals surface area contributed by atoms with Crippen molar-refractivity contribution in [2.24, 2.45) is 0 Å². The van der Waals surface area contributed by atoms with Gasteiger partial charge < -0.3 is 4.90 Å². The van der Waals surface area contributed by atoms with Gasteiger partial charge in [0.05, 0.1) is 5.02 Å². The van der Waals surface area contributed by atoms with Crippen LogP contribution < -0.4 is 4.90 Å². The van der Waals surface area contributed by atoms with E-state index in [0.29, 0.717) is 13.1 Å². The number of hydrogen-bond donors (Lipinski definition) is 0. The summed E-state index contributed by atoms with van der Waals surface area (Å²) in [5, 5.41) is 0.267. The molecule has 0 radical (unpaired) electrons. The van der Waals surface area contributed by atoms with Gasteiger partial charge in [0, 0.05) is 30.9 Å². The predicted octanol–water partition coefficient (Wildman–Crippen LogP) is 3.63. The summed E-state index contributed by atoms with van der Waals surface area (Å²) in [6.45, 7) is 4.98. The number of para-hydroxylation sites is 1. The second-order valence-electron chi connectivity index (χ2n) is 6.19. The summed E-state index contributed by atoms with van der Waals surface area (Å²) in [6, 6.07) is 16.9. The lowest BCUT2D eigenvalue weighted by Crippen LogP contribution is -2.58. The van der Waals surface area contributed by atoms with Gasteiger partial charge in [-0.2, -0.15) is 4.31 Å². The van der Waals surface area contributed by atoms with Crippen LogP contribution in [0.25, 0.3) is 0 Å². The maximum atomic E-state index is 13.0. The minimum Gasteiger partial charge on any atom is -0.363 e. The summed E-state index contributed by atoms with van der Waals surface area (Å²) >= 11 is 6.11. The maximum absolute atomic E-state index is 13.0. The average Bonchev–Trinajstić information content (AvgIpc) is 2.55. The van der Waals surface area contributed by atoms with Crippen molar-refractivity contribution in [3.05, 3.63) is 59.6 Å². The van der Waals surface area contributed by atoms with Crippen LogP contribution in [0.2, 0.25) is 5.02 Å². The molecule has 3 rings (SSSR count). The second-order valence-corrected chi connectivity index (χ2v) is 8.51. The van der Waals surface area contributed by atoms with E-state index >= 15 is 0 Å². The van der Waals surface area contributed by atoms with E-state index in [1.54, 1.807) is 28.6 Å². The van der Waals surface area contributed by atoms with E-state index in [1.165, 1.54) is 0 Å². The molecule has 0 bridgehead atoms. The SMILES string of the molecule is CC1CN(S(=O)(=O)c2ccccc2Cl)CC(C)N1c1ccccc1. The summed E-state index contributed by atoms with van der Waals surface area (Å²) < 4.78 is 27.5. The molecular formula is C18H21ClN2O2S. The van der Waals surface area contributed by atoms with Crippen LogP contribution in [0.15, 0.2) is 59.5 Å². The maximum Gasteiger partial charge on any atom is 0.244 e. The largest absolute Gasteiger partial charge is 0.363 e. The lowest BCUT2D eigenvalue weighted by atomic mass is 10.1. The van der Waals surface area contributed by atoms with Gasteiger partial charge in [0.15, 0.2) is 0 Å². The normalized spacial score (nSPS) is 22.5. The number of halogens is 1. The Balaban J connectivity index is 1.88. The highest BCUT2D eigenvalue weighted by Crippen LogP contribution is 2.30. The van der Waals surface area contributed by atoms with Crippen LogP contribution in [0.3, 0.4) is 0 Å². The predicted molar refractivity (Wildman–Crippen MR) is 98.1 cm³/mol. The number of hydrogen-bond acceptors (Lipinski definition) is 3. The van der Waals surface area contributed by atoms with Gasteiger partial charge in [0.2, 0.25) is 10.0 Å². The first-order chi connectivity index (χ1) is 11.4. The number of anilines is 1. The Hall–Kier alpha value is -1.56. The van der Waals surface area contributed by atoms with Crippen molar-refractivity contribution in [1.82, 2.24) is 4.31 Å². The van der Waals surface area contributed by atoms with Crippen LogP contribution in [-0.4, -0.2) is 37.9 Å². The quantitative estimate of drug-likeness (QED) is 0.835. The molecule has 24 heavy (non-hydrogen) atoms. The molecule has 1 heterocycles. The lowest BCUT2D eigenvalue weighted by molar-refractivity contribution is 0.301. The molecule has 1 aliphatic rings. The fourth-order valence-electron chi connectivity index (χ4n) is 3.37. The van der Waals surface area contributed by atoms with Crippen molar-refractivity contribution in [3.63, 3.8) is 0 Å². The van der Waals surface area contributed by atoms with Gasteiger partial charge in [-0.25, -0.2) is 8.42 Å². The molecule has 2 atom stereocenters. The second kappa shape index (κ2) is 6.75. The van der Waals surface area contributed by atoms with Crippen molar-refractivity contribution in [2.45, 2.75) is 30.8 Å². The summed E-state index contributed by atoms with van der Waals surface area (Å²) in [5.74, 6) is 0. The van der Waals surface area contributed by atoms with Crippen LogP contribution in [0.4, 0.5) is 5.69 Å². The molecule has 4 nitrogen and oxygen atoms in total. The Morgan fingerprint density at radius 3 is 2.04 bits per heavy atom. The minimum atomic E-state index is -3.59. The third-order valence-electron chi connectivity index (χ3n) is 4.39. The highest BCUT2D eigenvalue weighted by atomic mass is 35.5. The topological polar surface area (TPSA) is 40.6 Å². The van der Waals surface area contributed by atoms with E-state index in [4.69, 9.17) is 11.6 Å². The Kier molecular flexibility index (Phi) is 4.85. The van der Waals surface area contributed by atoms with Gasteiger partial charge in [-0.05, 0) is 38.1 Å². The van der Waals surface area contributed by atoms with Crippen LogP contribution in [-0.2, 0) is 10.0 Å². The van der Waals surface area contributed by atoms with Crippen LogP contribution in [0, 0.1) is 0 Å². The number of sulfonamides is 1. The fourth-order valence-corrected chi connectivity index (χ4v) is 5.47. The molecule has 0 saturated carbocycles. The number of benzene rings is 2. The van der Waals surface area contributed by atoms with Gasteiger partial charge in [-0.1, -0.05) is 41.9 Å². The third-order valence-corrected chi connectivity index (χ3v) is 6.73. The molecule has 6 heteroatoms. The monoisotopic (exact) mass is 364 g/mol. The Labute approximate surface area is 148 Å². The summed E-state index contributed by atoms with van der Waals surface area (Å²) in [6.07, 6.45) is 0. The Bertz CT molecular complexity index is 799. The van der Waals surface area contributed by atoms with Crippen LogP contribution in [0.5, 0.6) is 0 Å². The molecule has 0 N–H and O–H groups in total. The van der Waals surface area contributed by atoms with Gasteiger partial charge in [0.1, 0.15) is 4.90 Å². The van der Waals surface area contributed by atoms with Crippen molar-refractivity contribution >= 4 is 27.3 Å². The molecule has 0 spiro atoms. The Morgan fingerprint density at radius 1 is 0.917 bits per heavy atom. The van der Waals surface area contributed by atoms with Crippen molar-refractivity contribution in [2.75, 3.05) is 18.0 Å². The number of piperazine rings is 1. The molecule has 2 unspecified atom stereocenters. The van der Waals surface area contributed by atoms with E-state index in [0.717, 1.165) is 5.69 Å². The molecule has 1 fully saturated rings. The zero-order valence-electron chi connectivity index (χ0n) is 13.8. The molecule has 128 valence electrons. The fraction of sp³-hybridized carbons (Fsp3) is 0.333. The van der Waals surface area contributed by atoms with E-state index in [9.17, 15) is 8.42 Å². The van der Waals surface area contributed by atoms with Crippen molar-refractivity contribution < 1.29 is 8.42 Å². The molecule has 2 aromatic rings. The summed E-state index contributed by atoms with van der Waals surface area (Å²) in [5.41, 5.74) is 1.12. The first-order valence-corrected chi connectivity index (χ1v) is 9.81. The van der Waals surface area contributed by atoms with E-state index in [1.807, 2.05) is 18.2 Å². The minimum absolute atomic E-state index is 0.0772. The standard InChI is InChI=1S/C18H21ClN2O2S/c1-14-12-20(24(22,23)18-11-7-6-10-17(18)19)13-15(2)21(14)16-8-4-3-5-9-16/h3-11,14-15H,12-13H2,1-2H3. The molecule has 0 aliphatic carbocycles. The molecule has 0 amide bonds. The van der Waals surface area contributed by atoms with Gasteiger partial charge >= 0.3 is 0 Å². The zero-order chi connectivity index (χ0) is 17.3. The lowest BCUT2D eigenvalue weighted by Gasteiger charge is -2.45. The zero-order valence-corrected chi connectivity index (χ0v) is 15.3. The average molecular weight is 365 g/mol. The van der Waals surface area contributed by atoms with Gasteiger partial charge in [-0.3, -0.25) is 0 Å². The molecule has 0 aromatic heterocycles. The number of rotatable bonds is 3. The van der Waals surface area contributed by atoms with Gasteiger partial charge in [0.25, 0.3) is 0 Å². The third kappa shape index (κ3) is 3.16. The summed E-state index contributed by atoms with van der Waals surface area (Å²) in [7, 11) is -3.59. The van der Waals surface area contributed by atoms with Crippen molar-refractivity contribution in [3.8, 4) is 0 Å². The smallest absolute Gasteiger partial charge is 0.244 e. The summed E-state index contributed by atoms with van der Waals surface area (Å²) in [4.78, 5) is 2.46. The highest BCUT2D eigenvalue weighted by molar-refractivity contribution is 7.89. The Morgan fingerprint density at radius 2 is 1.46 bits per heavy atom.